The highest BCUT2D eigenvalue weighted by molar-refractivity contribution is 7.90. The fourth-order valence-corrected chi connectivity index (χ4v) is 4.31. The second-order valence-corrected chi connectivity index (χ2v) is 10.0. The molecular formula is C25H28F2N2O2S. The molecule has 1 saturated heterocycles. The number of halogens is 2. The first-order valence-electron chi connectivity index (χ1n) is 10.4. The van der Waals surface area contributed by atoms with Crippen LogP contribution in [-0.2, 0) is 9.84 Å². The Morgan fingerprint density at radius 3 is 2.12 bits per heavy atom. The fourth-order valence-electron chi connectivity index (χ4n) is 3.60. The van der Waals surface area contributed by atoms with Gasteiger partial charge in [0.15, 0.2) is 9.84 Å². The summed E-state index contributed by atoms with van der Waals surface area (Å²) >= 11 is 0. The molecule has 7 heteroatoms. The van der Waals surface area contributed by atoms with E-state index < -0.39 is 9.84 Å². The highest BCUT2D eigenvalue weighted by Crippen LogP contribution is 2.26. The van der Waals surface area contributed by atoms with Crippen LogP contribution in [0.15, 0.2) is 71.6 Å². The SMILES string of the molecule is CN1CCN(c2ccccc2F)CC1.Cc1cc(S(C)(=O)=O)ccc1-c1cccc(F)c1. The first kappa shape index (κ1) is 23.9. The van der Waals surface area contributed by atoms with Crippen molar-refractivity contribution in [3.05, 3.63) is 83.9 Å². The van der Waals surface area contributed by atoms with Gasteiger partial charge in [-0.25, -0.2) is 17.2 Å². The van der Waals surface area contributed by atoms with Gasteiger partial charge in [-0.15, -0.1) is 0 Å². The predicted octanol–water partition coefficient (Wildman–Crippen LogP) is 4.78. The lowest BCUT2D eigenvalue weighted by atomic mass is 10.0. The Morgan fingerprint density at radius 1 is 0.844 bits per heavy atom. The maximum Gasteiger partial charge on any atom is 0.175 e. The van der Waals surface area contributed by atoms with Gasteiger partial charge in [-0.05, 0) is 67.1 Å². The summed E-state index contributed by atoms with van der Waals surface area (Å²) < 4.78 is 49.4. The van der Waals surface area contributed by atoms with Crippen LogP contribution in [0.5, 0.6) is 0 Å². The van der Waals surface area contributed by atoms with E-state index >= 15 is 0 Å². The molecule has 0 radical (unpaired) electrons. The monoisotopic (exact) mass is 458 g/mol. The largest absolute Gasteiger partial charge is 0.367 e. The standard InChI is InChI=1S/C14H13FO2S.C11H15FN2/c1-10-8-13(18(2,16)17)6-7-14(10)11-4-3-5-12(15)9-11;1-13-6-8-14(9-7-13)11-5-3-2-4-10(11)12/h3-9H,1-2H3;2-5H,6-9H2,1H3. The lowest BCUT2D eigenvalue weighted by Crippen LogP contribution is -2.44. The molecule has 1 heterocycles. The molecule has 1 aliphatic heterocycles. The third-order valence-electron chi connectivity index (χ3n) is 5.46. The van der Waals surface area contributed by atoms with Gasteiger partial charge in [-0.1, -0.05) is 30.3 Å². The Labute approximate surface area is 189 Å². The van der Waals surface area contributed by atoms with E-state index in [0.29, 0.717) is 0 Å². The normalized spacial score (nSPS) is 14.6. The molecule has 32 heavy (non-hydrogen) atoms. The molecule has 0 aromatic heterocycles. The zero-order chi connectivity index (χ0) is 23.3. The van der Waals surface area contributed by atoms with Crippen molar-refractivity contribution in [3.63, 3.8) is 0 Å². The molecule has 1 fully saturated rings. The van der Waals surface area contributed by atoms with Crippen molar-refractivity contribution in [1.29, 1.82) is 0 Å². The van der Waals surface area contributed by atoms with Gasteiger partial charge in [0, 0.05) is 32.4 Å². The van der Waals surface area contributed by atoms with E-state index in [1.807, 2.05) is 19.1 Å². The number of sulfone groups is 1. The van der Waals surface area contributed by atoms with Gasteiger partial charge in [0.25, 0.3) is 0 Å². The maximum atomic E-state index is 13.4. The number of hydrogen-bond acceptors (Lipinski definition) is 4. The quantitative estimate of drug-likeness (QED) is 0.566. The molecule has 0 amide bonds. The molecule has 0 unspecified atom stereocenters. The van der Waals surface area contributed by atoms with E-state index in [9.17, 15) is 17.2 Å². The van der Waals surface area contributed by atoms with Crippen molar-refractivity contribution in [2.24, 2.45) is 0 Å². The number of benzene rings is 3. The van der Waals surface area contributed by atoms with Gasteiger partial charge in [0.05, 0.1) is 10.6 Å². The zero-order valence-corrected chi connectivity index (χ0v) is 19.4. The second kappa shape index (κ2) is 10.2. The molecule has 0 N–H and O–H groups in total. The Bertz CT molecular complexity index is 1170. The van der Waals surface area contributed by atoms with Gasteiger partial charge >= 0.3 is 0 Å². The fraction of sp³-hybridized carbons (Fsp3) is 0.280. The summed E-state index contributed by atoms with van der Waals surface area (Å²) in [6.45, 7) is 5.66. The molecule has 3 aromatic carbocycles. The summed E-state index contributed by atoms with van der Waals surface area (Å²) in [7, 11) is -1.11. The molecule has 4 rings (SSSR count). The summed E-state index contributed by atoms with van der Waals surface area (Å²) in [6, 6.07) is 18.1. The van der Waals surface area contributed by atoms with Crippen LogP contribution in [0.2, 0.25) is 0 Å². The third kappa shape index (κ3) is 6.14. The lowest BCUT2D eigenvalue weighted by Gasteiger charge is -2.34. The Balaban J connectivity index is 0.000000186. The number of piperazine rings is 1. The minimum atomic E-state index is -3.21. The van der Waals surface area contributed by atoms with Crippen molar-refractivity contribution in [2.75, 3.05) is 44.4 Å². The first-order valence-corrected chi connectivity index (χ1v) is 12.3. The van der Waals surface area contributed by atoms with Crippen molar-refractivity contribution in [2.45, 2.75) is 11.8 Å². The second-order valence-electron chi connectivity index (χ2n) is 8.00. The molecule has 3 aromatic rings. The molecule has 4 nitrogen and oxygen atoms in total. The minimum Gasteiger partial charge on any atom is -0.367 e. The number of likely N-dealkylation sites (N-methyl/N-ethyl adjacent to an activating group) is 1. The van der Waals surface area contributed by atoms with Gasteiger partial charge in [-0.2, -0.15) is 0 Å². The summed E-state index contributed by atoms with van der Waals surface area (Å²) in [5.41, 5.74) is 3.12. The number of anilines is 1. The predicted molar refractivity (Wildman–Crippen MR) is 126 cm³/mol. The van der Waals surface area contributed by atoms with Crippen LogP contribution in [0.4, 0.5) is 14.5 Å². The highest BCUT2D eigenvalue weighted by atomic mass is 32.2. The molecule has 170 valence electrons. The summed E-state index contributed by atoms with van der Waals surface area (Å²) in [5.74, 6) is -0.420. The summed E-state index contributed by atoms with van der Waals surface area (Å²) in [6.07, 6.45) is 1.17. The van der Waals surface area contributed by atoms with Crippen LogP contribution < -0.4 is 4.90 Å². The Hall–Kier alpha value is -2.77. The van der Waals surface area contributed by atoms with Crippen LogP contribution >= 0.6 is 0 Å². The average molecular weight is 459 g/mol. The van der Waals surface area contributed by atoms with Crippen molar-refractivity contribution < 1.29 is 17.2 Å². The van der Waals surface area contributed by atoms with E-state index in [2.05, 4.69) is 16.8 Å². The zero-order valence-electron chi connectivity index (χ0n) is 18.6. The lowest BCUT2D eigenvalue weighted by molar-refractivity contribution is 0.311. The smallest absolute Gasteiger partial charge is 0.175 e. The summed E-state index contributed by atoms with van der Waals surface area (Å²) in [4.78, 5) is 4.65. The van der Waals surface area contributed by atoms with Crippen LogP contribution in [-0.4, -0.2) is 52.8 Å². The average Bonchev–Trinajstić information content (AvgIpc) is 2.75. The first-order chi connectivity index (χ1) is 15.1. The molecule has 0 bridgehead atoms. The molecular weight excluding hydrogens is 430 g/mol. The minimum absolute atomic E-state index is 0.114. The van der Waals surface area contributed by atoms with E-state index in [1.165, 1.54) is 24.5 Å². The summed E-state index contributed by atoms with van der Waals surface area (Å²) in [5, 5.41) is 0. The molecule has 0 aliphatic carbocycles. The van der Waals surface area contributed by atoms with E-state index in [0.717, 1.165) is 48.6 Å². The van der Waals surface area contributed by atoms with Crippen LogP contribution in [0.1, 0.15) is 5.56 Å². The molecule has 0 saturated carbocycles. The third-order valence-corrected chi connectivity index (χ3v) is 6.57. The van der Waals surface area contributed by atoms with Gasteiger partial charge in [0.2, 0.25) is 0 Å². The van der Waals surface area contributed by atoms with Crippen LogP contribution in [0.25, 0.3) is 11.1 Å². The van der Waals surface area contributed by atoms with E-state index in [-0.39, 0.29) is 16.5 Å². The van der Waals surface area contributed by atoms with Crippen molar-refractivity contribution >= 4 is 15.5 Å². The number of hydrogen-bond donors (Lipinski definition) is 0. The molecule has 1 aliphatic rings. The Morgan fingerprint density at radius 2 is 1.53 bits per heavy atom. The number of nitrogens with zero attached hydrogens (tertiary/aromatic N) is 2. The number of rotatable bonds is 3. The number of para-hydroxylation sites is 1. The van der Waals surface area contributed by atoms with Gasteiger partial charge < -0.3 is 9.80 Å². The molecule has 0 atom stereocenters. The topological polar surface area (TPSA) is 40.6 Å². The molecule has 0 spiro atoms. The highest BCUT2D eigenvalue weighted by Gasteiger charge is 2.16. The van der Waals surface area contributed by atoms with E-state index in [4.69, 9.17) is 0 Å². The Kier molecular flexibility index (Phi) is 7.64. The van der Waals surface area contributed by atoms with Crippen LogP contribution in [0, 0.1) is 18.6 Å². The maximum absolute atomic E-state index is 13.4. The van der Waals surface area contributed by atoms with Gasteiger partial charge in [0.1, 0.15) is 11.6 Å². The number of aryl methyl sites for hydroxylation is 1. The van der Waals surface area contributed by atoms with Crippen LogP contribution in [0.3, 0.4) is 0 Å². The van der Waals surface area contributed by atoms with Crippen molar-refractivity contribution in [1.82, 2.24) is 4.90 Å². The van der Waals surface area contributed by atoms with Gasteiger partial charge in [-0.3, -0.25) is 0 Å². The van der Waals surface area contributed by atoms with Crippen molar-refractivity contribution in [3.8, 4) is 11.1 Å². The van der Waals surface area contributed by atoms with E-state index in [1.54, 1.807) is 36.4 Å².